The maximum Gasteiger partial charge on any atom is 0.263 e. The Labute approximate surface area is 63.0 Å². The molecule has 0 bridgehead atoms. The van der Waals surface area contributed by atoms with Gasteiger partial charge in [-0.3, -0.25) is 14.1 Å². The lowest BCUT2D eigenvalue weighted by molar-refractivity contribution is 0.426. The summed E-state index contributed by atoms with van der Waals surface area (Å²) in [5, 5.41) is 0. The van der Waals surface area contributed by atoms with Gasteiger partial charge in [0.05, 0.1) is 0 Å². The maximum atomic E-state index is 10.1. The molecule has 0 atom stereocenters. The zero-order valence-electron chi connectivity index (χ0n) is 6.02. The highest BCUT2D eigenvalue weighted by atomic mass is 19.3. The number of hydrogen-bond donors (Lipinski definition) is 0. The second-order valence-electron chi connectivity index (χ2n) is 0.339. The summed E-state index contributed by atoms with van der Waals surface area (Å²) >= 11 is 0. The summed E-state index contributed by atoms with van der Waals surface area (Å²) in [6.45, 7) is 14.2. The van der Waals surface area contributed by atoms with Crippen molar-refractivity contribution in [3.63, 3.8) is 0 Å². The quantitative estimate of drug-likeness (QED) is 0.395. The third-order valence-corrected chi connectivity index (χ3v) is 0. The van der Waals surface area contributed by atoms with Gasteiger partial charge in [0.2, 0.25) is 0 Å². The third kappa shape index (κ3) is 328. The van der Waals surface area contributed by atoms with Crippen LogP contribution < -0.4 is 0 Å². The zero-order chi connectivity index (χ0) is 7.58. The molecule has 11 heavy (non-hydrogen) atoms. The number of rotatable bonds is 0. The van der Waals surface area contributed by atoms with Gasteiger partial charge in [0.25, 0.3) is 6.08 Å². The lowest BCUT2D eigenvalue weighted by Crippen LogP contribution is -1.33. The fourth-order valence-corrected chi connectivity index (χ4v) is 0. The van der Waals surface area contributed by atoms with E-state index in [0.717, 1.165) is 0 Å². The first-order chi connectivity index (χ1) is 3.73. The highest BCUT2D eigenvalue weighted by Crippen LogP contribution is 1.85. The van der Waals surface area contributed by atoms with Gasteiger partial charge < -0.3 is 0 Å². The van der Waals surface area contributed by atoms with Crippen molar-refractivity contribution in [2.75, 3.05) is 0 Å². The molecule has 0 unspecified atom stereocenters. The van der Waals surface area contributed by atoms with Crippen molar-refractivity contribution in [2.45, 2.75) is 0 Å². The second kappa shape index (κ2) is 157. The van der Waals surface area contributed by atoms with Crippen LogP contribution in [0.3, 0.4) is 0 Å². The fourth-order valence-electron chi connectivity index (χ4n) is 0. The van der Waals surface area contributed by atoms with Crippen molar-refractivity contribution < 1.29 is 22.9 Å². The summed E-state index contributed by atoms with van der Waals surface area (Å²) < 4.78 is 20.3. The Morgan fingerprint density at radius 1 is 0.727 bits per heavy atom. The molecule has 0 saturated carbocycles. The van der Waals surface area contributed by atoms with Crippen LogP contribution in [0.5, 0.6) is 0 Å². The predicted molar refractivity (Wildman–Crippen MR) is 41.4 cm³/mol. The van der Waals surface area contributed by atoms with Crippen LogP contribution in [0, 0.1) is 0 Å². The van der Waals surface area contributed by atoms with Crippen molar-refractivity contribution in [1.82, 2.24) is 0 Å². The van der Waals surface area contributed by atoms with Crippen LogP contribution in [0.1, 0.15) is 0 Å². The Balaban J connectivity index is -0.00000000813. The molecule has 0 saturated heterocycles. The Kier molecular flexibility index (Phi) is 741. The molecule has 0 aliphatic heterocycles. The van der Waals surface area contributed by atoms with E-state index in [-0.39, 0.29) is 14.1 Å². The summed E-state index contributed by atoms with van der Waals surface area (Å²) in [7, 11) is 0. The normalized spacial score (nSPS) is 3.09. The summed E-state index contributed by atoms with van der Waals surface area (Å²) in [6, 6.07) is 0. The molecule has 0 heterocycles. The summed E-state index contributed by atoms with van der Waals surface area (Å²) in [6.07, 6.45) is -1.83. The van der Waals surface area contributed by atoms with Crippen LogP contribution in [0.2, 0.25) is 0 Å². The first-order valence-corrected chi connectivity index (χ1v) is 1.73. The molecule has 0 aromatic carbocycles. The smallest absolute Gasteiger partial charge is 0.263 e. The van der Waals surface area contributed by atoms with E-state index in [2.05, 4.69) is 32.9 Å². The second-order valence-corrected chi connectivity index (χ2v) is 0.339. The summed E-state index contributed by atoms with van der Waals surface area (Å²) in [4.78, 5) is 0. The van der Waals surface area contributed by atoms with Crippen molar-refractivity contribution in [1.29, 1.82) is 0 Å². The number of hydrogen-bond acceptors (Lipinski definition) is 0. The lowest BCUT2D eigenvalue weighted by Gasteiger charge is -1.54. The van der Waals surface area contributed by atoms with E-state index in [9.17, 15) is 8.78 Å². The largest absolute Gasteiger partial charge is 0.269 e. The molecule has 0 N–H and O–H groups in total. The van der Waals surface area contributed by atoms with Gasteiger partial charge in [0, 0.05) is 0 Å². The average molecular weight is 180 g/mol. The van der Waals surface area contributed by atoms with E-state index in [1.165, 1.54) is 0 Å². The molecule has 0 radical (unpaired) electrons. The minimum Gasteiger partial charge on any atom is -0.269 e. The van der Waals surface area contributed by atoms with Crippen molar-refractivity contribution >= 4 is 0 Å². The van der Waals surface area contributed by atoms with E-state index in [4.69, 9.17) is 0 Å². The summed E-state index contributed by atoms with van der Waals surface area (Å²) in [5.74, 6) is 0. The van der Waals surface area contributed by atoms with Gasteiger partial charge in [0.1, 0.15) is 0 Å². The molecule has 0 aromatic heterocycles. The molecule has 0 aliphatic carbocycles. The van der Waals surface area contributed by atoms with Crippen LogP contribution in [-0.4, -0.2) is 0 Å². The Hall–Kier alpha value is -1.13. The van der Waals surface area contributed by atoms with E-state index >= 15 is 0 Å². The first kappa shape index (κ1) is 51.8. The van der Waals surface area contributed by atoms with Gasteiger partial charge in [-0.25, -0.2) is 0 Å². The Morgan fingerprint density at radius 2 is 0.727 bits per heavy atom. The third-order valence-electron chi connectivity index (χ3n) is 0. The molecule has 0 nitrogen and oxygen atoms in total. The maximum absolute atomic E-state index is 10.1. The van der Waals surface area contributed by atoms with Crippen LogP contribution in [0.25, 0.3) is 0 Å². The van der Waals surface area contributed by atoms with Crippen molar-refractivity contribution in [3.8, 4) is 0 Å². The zero-order valence-corrected chi connectivity index (χ0v) is 6.02. The van der Waals surface area contributed by atoms with Gasteiger partial charge >= 0.3 is 0 Å². The van der Waals surface area contributed by atoms with Crippen molar-refractivity contribution in [2.24, 2.45) is 0 Å². The lowest BCUT2D eigenvalue weighted by atomic mass is 11.2. The highest BCUT2D eigenvalue weighted by Gasteiger charge is 1.65. The standard InChI is InChI=1S/C2H2F2.2C2H4.3FH/c1-2(3)4;2*1-2;;;/h1H2;2*1-2H2;3*1H. The monoisotopic (exact) mass is 180 g/mol. The van der Waals surface area contributed by atoms with Gasteiger partial charge in [-0.15, -0.1) is 26.3 Å². The minimum absolute atomic E-state index is 0. The topological polar surface area (TPSA) is 0 Å². The molecule has 0 spiro atoms. The first-order valence-electron chi connectivity index (χ1n) is 1.73. The van der Waals surface area contributed by atoms with Crippen LogP contribution in [0.4, 0.5) is 22.9 Å². The Bertz CT molecular complexity index is 48.9. The van der Waals surface area contributed by atoms with Crippen LogP contribution >= 0.6 is 0 Å². The predicted octanol–water partition coefficient (Wildman–Crippen LogP) is 3.46. The van der Waals surface area contributed by atoms with Gasteiger partial charge in [-0.05, 0) is 6.58 Å². The van der Waals surface area contributed by atoms with Gasteiger partial charge in [-0.1, -0.05) is 0 Å². The SMILES string of the molecule is C=C.C=C.C=C(F)F.F.F.F. The van der Waals surface area contributed by atoms with Crippen molar-refractivity contribution in [3.05, 3.63) is 39.0 Å². The highest BCUT2D eigenvalue weighted by molar-refractivity contribution is 4.57. The molecule has 72 valence electrons. The summed E-state index contributed by atoms with van der Waals surface area (Å²) in [5.41, 5.74) is 0. The van der Waals surface area contributed by atoms with E-state index in [1.54, 1.807) is 0 Å². The molecule has 5 heteroatoms. The van der Waals surface area contributed by atoms with Gasteiger partial charge in [-0.2, -0.15) is 8.78 Å². The number of halogens is 5. The molecular formula is C6H13F5. The van der Waals surface area contributed by atoms with E-state index in [0.29, 0.717) is 0 Å². The molecule has 0 aromatic rings. The molecule has 0 rings (SSSR count). The van der Waals surface area contributed by atoms with E-state index < -0.39 is 6.08 Å². The molecule has 0 fully saturated rings. The average Bonchev–Trinajstić information content (AvgIpc) is 1.75. The fraction of sp³-hybridized carbons (Fsp3) is 0. The van der Waals surface area contributed by atoms with E-state index in [1.807, 2.05) is 0 Å². The Morgan fingerprint density at radius 3 is 0.727 bits per heavy atom. The van der Waals surface area contributed by atoms with Gasteiger partial charge in [0.15, 0.2) is 0 Å². The van der Waals surface area contributed by atoms with Crippen LogP contribution in [0.15, 0.2) is 39.0 Å². The molecular weight excluding hydrogens is 167 g/mol. The van der Waals surface area contributed by atoms with Crippen LogP contribution in [-0.2, 0) is 0 Å². The minimum atomic E-state index is -1.83. The molecule has 0 aliphatic rings. The molecule has 0 amide bonds.